The quantitative estimate of drug-likeness (QED) is 0.401. The first-order valence-electron chi connectivity index (χ1n) is 9.62. The van der Waals surface area contributed by atoms with E-state index in [0.717, 1.165) is 62.4 Å². The number of aryl methyl sites for hydroxylation is 1. The number of benzene rings is 1. The van der Waals surface area contributed by atoms with Crippen molar-refractivity contribution in [1.82, 2.24) is 25.1 Å². The molecule has 0 radical (unpaired) electrons. The van der Waals surface area contributed by atoms with E-state index in [4.69, 9.17) is 0 Å². The molecule has 0 aliphatic carbocycles. The van der Waals surface area contributed by atoms with Crippen molar-refractivity contribution >= 4 is 21.9 Å². The van der Waals surface area contributed by atoms with Crippen LogP contribution >= 0.6 is 15.9 Å². The smallest absolute Gasteiger partial charge is 0.191 e. The van der Waals surface area contributed by atoms with Gasteiger partial charge in [-0.3, -0.25) is 9.89 Å². The van der Waals surface area contributed by atoms with Gasteiger partial charge in [-0.25, -0.2) is 4.98 Å². The number of likely N-dealkylation sites (tertiary alicyclic amines) is 1. The minimum absolute atomic E-state index is 0.492. The van der Waals surface area contributed by atoms with E-state index in [1.54, 1.807) is 0 Å². The second-order valence-electron chi connectivity index (χ2n) is 6.97. The summed E-state index contributed by atoms with van der Waals surface area (Å²) in [6.07, 6.45) is 9.00. The molecule has 27 heavy (non-hydrogen) atoms. The molecule has 0 saturated carbocycles. The number of aliphatic imine (C=N–C) groups is 1. The Morgan fingerprint density at radius 1 is 1.26 bits per heavy atom. The van der Waals surface area contributed by atoms with Crippen LogP contribution in [-0.4, -0.2) is 53.1 Å². The minimum atomic E-state index is 0.492. The van der Waals surface area contributed by atoms with Crippen molar-refractivity contribution in [2.24, 2.45) is 4.99 Å². The minimum Gasteiger partial charge on any atom is -0.356 e. The third-order valence-electron chi connectivity index (χ3n) is 4.92. The third kappa shape index (κ3) is 6.66. The lowest BCUT2D eigenvalue weighted by atomic mass is 10.0. The lowest BCUT2D eigenvalue weighted by Gasteiger charge is -2.33. The molecule has 0 spiro atoms. The van der Waals surface area contributed by atoms with Crippen molar-refractivity contribution in [2.75, 3.05) is 26.7 Å². The van der Waals surface area contributed by atoms with Gasteiger partial charge in [0.1, 0.15) is 0 Å². The molecule has 0 atom stereocenters. The number of nitrogens with zero attached hydrogens (tertiary/aromatic N) is 4. The number of aromatic nitrogens is 2. The predicted octanol–water partition coefficient (Wildman–Crippen LogP) is 2.87. The summed E-state index contributed by atoms with van der Waals surface area (Å²) in [5.41, 5.74) is 1.37. The molecule has 1 aliphatic rings. The first-order chi connectivity index (χ1) is 13.2. The summed E-state index contributed by atoms with van der Waals surface area (Å²) in [4.78, 5) is 11.0. The fraction of sp³-hybridized carbons (Fsp3) is 0.500. The molecule has 3 rings (SSSR count). The van der Waals surface area contributed by atoms with E-state index in [1.807, 2.05) is 25.8 Å². The number of guanidine groups is 1. The van der Waals surface area contributed by atoms with Crippen LogP contribution in [0.5, 0.6) is 0 Å². The first kappa shape index (κ1) is 19.9. The number of rotatable bonds is 7. The maximum absolute atomic E-state index is 4.37. The summed E-state index contributed by atoms with van der Waals surface area (Å²) in [6.45, 7) is 5.14. The summed E-state index contributed by atoms with van der Waals surface area (Å²) in [5, 5.41) is 7.00. The van der Waals surface area contributed by atoms with Crippen LogP contribution in [0.25, 0.3) is 0 Å². The Hall–Kier alpha value is -1.86. The van der Waals surface area contributed by atoms with E-state index in [2.05, 4.69) is 70.3 Å². The van der Waals surface area contributed by atoms with Gasteiger partial charge in [-0.05, 0) is 37.0 Å². The summed E-state index contributed by atoms with van der Waals surface area (Å²) >= 11 is 3.50. The van der Waals surface area contributed by atoms with Crippen molar-refractivity contribution in [2.45, 2.75) is 38.4 Å². The zero-order valence-corrected chi connectivity index (χ0v) is 17.5. The molecule has 0 unspecified atom stereocenters. The van der Waals surface area contributed by atoms with E-state index < -0.39 is 0 Å². The molecule has 0 amide bonds. The Balaban J connectivity index is 1.34. The molecule has 1 aromatic heterocycles. The van der Waals surface area contributed by atoms with Gasteiger partial charge in [0, 0.05) is 62.7 Å². The van der Waals surface area contributed by atoms with Gasteiger partial charge in [-0.15, -0.1) is 0 Å². The number of imidazole rings is 1. The molecular formula is C20H29BrN6. The number of piperidine rings is 1. The normalized spacial score (nSPS) is 16.4. The van der Waals surface area contributed by atoms with Crippen LogP contribution in [0.1, 0.15) is 24.8 Å². The molecule has 0 bridgehead atoms. The van der Waals surface area contributed by atoms with Crippen LogP contribution in [0.2, 0.25) is 0 Å². The molecular weight excluding hydrogens is 404 g/mol. The molecule has 2 N–H and O–H groups in total. The molecule has 2 aromatic rings. The number of hydrogen-bond acceptors (Lipinski definition) is 3. The maximum Gasteiger partial charge on any atom is 0.191 e. The van der Waals surface area contributed by atoms with E-state index in [-0.39, 0.29) is 0 Å². The van der Waals surface area contributed by atoms with Gasteiger partial charge in [0.2, 0.25) is 0 Å². The number of hydrogen-bond donors (Lipinski definition) is 2. The van der Waals surface area contributed by atoms with Crippen LogP contribution in [0.15, 0.2) is 52.5 Å². The average molecular weight is 433 g/mol. The summed E-state index contributed by atoms with van der Waals surface area (Å²) in [6, 6.07) is 9.12. The molecule has 1 fully saturated rings. The average Bonchev–Trinajstić information content (AvgIpc) is 3.21. The van der Waals surface area contributed by atoms with Gasteiger partial charge in [0.05, 0.1) is 6.33 Å². The predicted molar refractivity (Wildman–Crippen MR) is 114 cm³/mol. The van der Waals surface area contributed by atoms with Gasteiger partial charge in [0.25, 0.3) is 0 Å². The zero-order valence-electron chi connectivity index (χ0n) is 15.9. The topological polar surface area (TPSA) is 57.5 Å². The van der Waals surface area contributed by atoms with Gasteiger partial charge in [-0.1, -0.05) is 28.1 Å². The largest absolute Gasteiger partial charge is 0.356 e. The second-order valence-corrected chi connectivity index (χ2v) is 7.89. The summed E-state index contributed by atoms with van der Waals surface area (Å²) < 4.78 is 3.23. The Labute approximate surface area is 170 Å². The van der Waals surface area contributed by atoms with E-state index in [1.165, 1.54) is 5.56 Å². The van der Waals surface area contributed by atoms with Crippen LogP contribution < -0.4 is 10.6 Å². The van der Waals surface area contributed by atoms with E-state index in [9.17, 15) is 0 Å². The van der Waals surface area contributed by atoms with Gasteiger partial charge in [0.15, 0.2) is 5.96 Å². The summed E-state index contributed by atoms with van der Waals surface area (Å²) in [5.74, 6) is 0.909. The molecule has 6 nitrogen and oxygen atoms in total. The van der Waals surface area contributed by atoms with E-state index in [0.29, 0.717) is 6.04 Å². The monoisotopic (exact) mass is 432 g/mol. The Morgan fingerprint density at radius 3 is 2.70 bits per heavy atom. The Morgan fingerprint density at radius 2 is 2.04 bits per heavy atom. The highest BCUT2D eigenvalue weighted by Gasteiger charge is 2.19. The standard InChI is InChI=1S/C20H29BrN6/c1-22-20(24-9-2-11-27-14-10-23-16-27)25-19-7-12-26(13-8-19)15-17-3-5-18(21)6-4-17/h3-6,10,14,16,19H,2,7-9,11-13,15H2,1H3,(H2,22,24,25). The van der Waals surface area contributed by atoms with Crippen molar-refractivity contribution in [3.63, 3.8) is 0 Å². The molecule has 1 saturated heterocycles. The maximum atomic E-state index is 4.37. The Kier molecular flexibility index (Phi) is 7.71. The van der Waals surface area contributed by atoms with Gasteiger partial charge < -0.3 is 15.2 Å². The lowest BCUT2D eigenvalue weighted by Crippen LogP contribution is -2.48. The molecule has 7 heteroatoms. The van der Waals surface area contributed by atoms with Crippen LogP contribution in [-0.2, 0) is 13.1 Å². The molecule has 1 aromatic carbocycles. The summed E-state index contributed by atoms with van der Waals surface area (Å²) in [7, 11) is 1.84. The van der Waals surface area contributed by atoms with Crippen molar-refractivity contribution in [1.29, 1.82) is 0 Å². The Bertz CT molecular complexity index is 690. The fourth-order valence-corrected chi connectivity index (χ4v) is 3.62. The zero-order chi connectivity index (χ0) is 18.9. The SMILES string of the molecule is CN=C(NCCCn1ccnc1)NC1CCN(Cc2ccc(Br)cc2)CC1. The van der Waals surface area contributed by atoms with Gasteiger partial charge in [-0.2, -0.15) is 0 Å². The molecule has 2 heterocycles. The molecule has 1 aliphatic heterocycles. The number of nitrogens with one attached hydrogen (secondary N) is 2. The van der Waals surface area contributed by atoms with Crippen LogP contribution in [0, 0.1) is 0 Å². The second kappa shape index (κ2) is 10.5. The highest BCUT2D eigenvalue weighted by molar-refractivity contribution is 9.10. The fourth-order valence-electron chi connectivity index (χ4n) is 3.36. The van der Waals surface area contributed by atoms with E-state index >= 15 is 0 Å². The third-order valence-corrected chi connectivity index (χ3v) is 5.44. The first-order valence-corrected chi connectivity index (χ1v) is 10.4. The van der Waals surface area contributed by atoms with Crippen LogP contribution in [0.3, 0.4) is 0 Å². The van der Waals surface area contributed by atoms with Crippen molar-refractivity contribution in [3.05, 3.63) is 53.0 Å². The van der Waals surface area contributed by atoms with Gasteiger partial charge >= 0.3 is 0 Å². The highest BCUT2D eigenvalue weighted by Crippen LogP contribution is 2.16. The van der Waals surface area contributed by atoms with Crippen molar-refractivity contribution in [3.8, 4) is 0 Å². The number of halogens is 1. The molecule has 146 valence electrons. The lowest BCUT2D eigenvalue weighted by molar-refractivity contribution is 0.198. The highest BCUT2D eigenvalue weighted by atomic mass is 79.9. The van der Waals surface area contributed by atoms with Crippen molar-refractivity contribution < 1.29 is 0 Å². The van der Waals surface area contributed by atoms with Crippen LogP contribution in [0.4, 0.5) is 0 Å².